The van der Waals surface area contributed by atoms with Crippen LogP contribution in [0.5, 0.6) is 0 Å². The van der Waals surface area contributed by atoms with E-state index in [0.29, 0.717) is 0 Å². The van der Waals surface area contributed by atoms with E-state index in [0.717, 1.165) is 38.9 Å². The lowest BCUT2D eigenvalue weighted by molar-refractivity contribution is -0.125. The van der Waals surface area contributed by atoms with Crippen molar-refractivity contribution < 1.29 is 4.79 Å². The fourth-order valence-corrected chi connectivity index (χ4v) is 4.96. The van der Waals surface area contributed by atoms with Gasteiger partial charge in [-0.25, -0.2) is 4.98 Å². The molecule has 0 bridgehead atoms. The summed E-state index contributed by atoms with van der Waals surface area (Å²) in [4.78, 5) is 21.0. The lowest BCUT2D eigenvalue weighted by Gasteiger charge is -2.26. The van der Waals surface area contributed by atoms with Crippen LogP contribution in [0.15, 0.2) is 0 Å². The standard InChI is InChI=1S/C19H31N3OS/c1-15(22-13-6-2-3-7-14-22)19(23)20-12-8-11-18-21-16-9-4-5-10-17(16)24-18/h15H,2-14H2,1H3,(H,20,23)/t15-/m0/s1. The van der Waals surface area contributed by atoms with Crippen LogP contribution in [0.25, 0.3) is 0 Å². The summed E-state index contributed by atoms with van der Waals surface area (Å²) >= 11 is 1.89. The van der Waals surface area contributed by atoms with Crippen molar-refractivity contribution in [2.24, 2.45) is 0 Å². The molecule has 0 unspecified atom stereocenters. The zero-order valence-corrected chi connectivity index (χ0v) is 15.8. The molecule has 1 saturated heterocycles. The molecule has 2 heterocycles. The quantitative estimate of drug-likeness (QED) is 0.801. The van der Waals surface area contributed by atoms with Crippen LogP contribution >= 0.6 is 11.3 Å². The highest BCUT2D eigenvalue weighted by molar-refractivity contribution is 7.11. The number of nitrogens with zero attached hydrogens (tertiary/aromatic N) is 2. The molecule has 4 nitrogen and oxygen atoms in total. The SMILES string of the molecule is C[C@@H](C(=O)NCCCc1nc2c(s1)CCCC2)N1CCCCCC1. The number of hydrogen-bond donors (Lipinski definition) is 1. The molecule has 5 heteroatoms. The Kier molecular flexibility index (Phi) is 6.67. The number of rotatable bonds is 6. The minimum absolute atomic E-state index is 0.00952. The maximum Gasteiger partial charge on any atom is 0.237 e. The third-order valence-electron chi connectivity index (χ3n) is 5.32. The third kappa shape index (κ3) is 4.79. The molecule has 1 atom stereocenters. The number of aryl methyl sites for hydroxylation is 3. The Morgan fingerprint density at radius 3 is 2.67 bits per heavy atom. The number of nitrogens with one attached hydrogen (secondary N) is 1. The second-order valence-electron chi connectivity index (χ2n) is 7.21. The molecule has 1 amide bonds. The fraction of sp³-hybridized carbons (Fsp3) is 0.789. The van der Waals surface area contributed by atoms with Crippen molar-refractivity contribution in [3.8, 4) is 0 Å². The first-order chi connectivity index (χ1) is 11.7. The number of fused-ring (bicyclic) bond motifs is 1. The first-order valence-corrected chi connectivity index (χ1v) is 10.5. The molecule has 1 aromatic rings. The van der Waals surface area contributed by atoms with Gasteiger partial charge in [0.05, 0.1) is 16.7 Å². The Hall–Kier alpha value is -0.940. The predicted molar refractivity (Wildman–Crippen MR) is 99.6 cm³/mol. The highest BCUT2D eigenvalue weighted by atomic mass is 32.1. The van der Waals surface area contributed by atoms with Gasteiger partial charge in [0, 0.05) is 17.8 Å². The van der Waals surface area contributed by atoms with E-state index < -0.39 is 0 Å². The Bertz CT molecular complexity index is 511. The first-order valence-electron chi connectivity index (χ1n) is 9.73. The molecule has 1 aliphatic heterocycles. The van der Waals surface area contributed by atoms with Crippen LogP contribution < -0.4 is 5.32 Å². The van der Waals surface area contributed by atoms with Gasteiger partial charge in [0.2, 0.25) is 5.91 Å². The number of thiazole rings is 1. The molecule has 0 spiro atoms. The summed E-state index contributed by atoms with van der Waals surface area (Å²) in [7, 11) is 0. The number of carbonyl (C=O) groups is 1. The summed E-state index contributed by atoms with van der Waals surface area (Å²) in [5.74, 6) is 0.190. The highest BCUT2D eigenvalue weighted by Crippen LogP contribution is 2.27. The van der Waals surface area contributed by atoms with Crippen LogP contribution in [-0.4, -0.2) is 41.5 Å². The summed E-state index contributed by atoms with van der Waals surface area (Å²) in [5, 5.41) is 4.39. The fourth-order valence-electron chi connectivity index (χ4n) is 3.76. The van der Waals surface area contributed by atoms with E-state index in [4.69, 9.17) is 4.98 Å². The number of carbonyl (C=O) groups excluding carboxylic acids is 1. The molecule has 2 aliphatic rings. The average molecular weight is 350 g/mol. The normalized spacial score (nSPS) is 20.2. The van der Waals surface area contributed by atoms with Gasteiger partial charge in [-0.15, -0.1) is 11.3 Å². The van der Waals surface area contributed by atoms with E-state index in [1.807, 2.05) is 11.3 Å². The molecule has 24 heavy (non-hydrogen) atoms. The summed E-state index contributed by atoms with van der Waals surface area (Å²) < 4.78 is 0. The molecular weight excluding hydrogens is 318 g/mol. The predicted octanol–water partition coefficient (Wildman–Crippen LogP) is 3.34. The summed E-state index contributed by atoms with van der Waals surface area (Å²) in [6.07, 6.45) is 12.1. The van der Waals surface area contributed by atoms with Gasteiger partial charge in [0.15, 0.2) is 0 Å². The zero-order valence-electron chi connectivity index (χ0n) is 15.0. The maximum atomic E-state index is 12.4. The van der Waals surface area contributed by atoms with E-state index in [2.05, 4.69) is 17.1 Å². The molecule has 0 saturated carbocycles. The molecule has 1 fully saturated rings. The van der Waals surface area contributed by atoms with Gasteiger partial charge in [0.1, 0.15) is 0 Å². The van der Waals surface area contributed by atoms with Crippen molar-refractivity contribution in [3.63, 3.8) is 0 Å². The minimum atomic E-state index is 0.00952. The van der Waals surface area contributed by atoms with Crippen molar-refractivity contribution >= 4 is 17.2 Å². The molecule has 1 N–H and O–H groups in total. The zero-order chi connectivity index (χ0) is 16.8. The monoisotopic (exact) mass is 349 g/mol. The van der Waals surface area contributed by atoms with E-state index >= 15 is 0 Å². The second-order valence-corrected chi connectivity index (χ2v) is 8.37. The minimum Gasteiger partial charge on any atom is -0.355 e. The lowest BCUT2D eigenvalue weighted by atomic mass is 10.0. The van der Waals surface area contributed by atoms with E-state index in [9.17, 15) is 4.79 Å². The van der Waals surface area contributed by atoms with Crippen molar-refractivity contribution in [3.05, 3.63) is 15.6 Å². The van der Waals surface area contributed by atoms with Gasteiger partial charge in [-0.1, -0.05) is 12.8 Å². The Morgan fingerprint density at radius 2 is 1.92 bits per heavy atom. The molecule has 3 rings (SSSR count). The van der Waals surface area contributed by atoms with Crippen molar-refractivity contribution in [2.75, 3.05) is 19.6 Å². The topological polar surface area (TPSA) is 45.2 Å². The molecule has 0 radical (unpaired) electrons. The van der Waals surface area contributed by atoms with Gasteiger partial charge < -0.3 is 5.32 Å². The van der Waals surface area contributed by atoms with Crippen molar-refractivity contribution in [1.82, 2.24) is 15.2 Å². The summed E-state index contributed by atoms with van der Waals surface area (Å²) in [6, 6.07) is 0.00952. The molecule has 0 aromatic carbocycles. The second kappa shape index (κ2) is 8.95. The van der Waals surface area contributed by atoms with Crippen LogP contribution in [0, 0.1) is 0 Å². The highest BCUT2D eigenvalue weighted by Gasteiger charge is 2.21. The smallest absolute Gasteiger partial charge is 0.237 e. The van der Waals surface area contributed by atoms with Crippen LogP contribution in [0.4, 0.5) is 0 Å². The summed E-state index contributed by atoms with van der Waals surface area (Å²) in [5.41, 5.74) is 1.35. The molecule has 134 valence electrons. The van der Waals surface area contributed by atoms with Gasteiger partial charge in [-0.2, -0.15) is 0 Å². The van der Waals surface area contributed by atoms with E-state index in [1.54, 1.807) is 0 Å². The number of likely N-dealkylation sites (tertiary alicyclic amines) is 1. The maximum absolute atomic E-state index is 12.4. The van der Waals surface area contributed by atoms with Crippen LogP contribution in [-0.2, 0) is 24.1 Å². The van der Waals surface area contributed by atoms with Crippen LogP contribution in [0.3, 0.4) is 0 Å². The largest absolute Gasteiger partial charge is 0.355 e. The number of amides is 1. The van der Waals surface area contributed by atoms with Gasteiger partial charge in [-0.05, 0) is 65.0 Å². The molecule has 1 aliphatic carbocycles. The van der Waals surface area contributed by atoms with Crippen molar-refractivity contribution in [2.45, 2.75) is 77.2 Å². The Balaban J connectivity index is 1.37. The van der Waals surface area contributed by atoms with E-state index in [1.165, 1.54) is 60.5 Å². The molecule has 1 aromatic heterocycles. The Labute approximate surface area is 150 Å². The lowest BCUT2D eigenvalue weighted by Crippen LogP contribution is -2.45. The first kappa shape index (κ1) is 17.9. The average Bonchev–Trinajstić information content (AvgIpc) is 2.82. The van der Waals surface area contributed by atoms with Gasteiger partial charge in [0.25, 0.3) is 0 Å². The van der Waals surface area contributed by atoms with E-state index in [-0.39, 0.29) is 11.9 Å². The van der Waals surface area contributed by atoms with Crippen molar-refractivity contribution in [1.29, 1.82) is 0 Å². The number of hydrogen-bond acceptors (Lipinski definition) is 4. The van der Waals surface area contributed by atoms with Gasteiger partial charge >= 0.3 is 0 Å². The third-order valence-corrected chi connectivity index (χ3v) is 6.54. The Morgan fingerprint density at radius 1 is 1.17 bits per heavy atom. The molecular formula is C19H31N3OS. The van der Waals surface area contributed by atoms with Crippen LogP contribution in [0.2, 0.25) is 0 Å². The number of aromatic nitrogens is 1. The van der Waals surface area contributed by atoms with Crippen LogP contribution in [0.1, 0.15) is 67.4 Å². The summed E-state index contributed by atoms with van der Waals surface area (Å²) in [6.45, 7) is 4.95. The van der Waals surface area contributed by atoms with Gasteiger partial charge in [-0.3, -0.25) is 9.69 Å².